The van der Waals surface area contributed by atoms with Crippen LogP contribution in [0.25, 0.3) is 0 Å². The molecule has 0 saturated carbocycles. The van der Waals surface area contributed by atoms with Gasteiger partial charge in [-0.3, -0.25) is 0 Å². The van der Waals surface area contributed by atoms with Gasteiger partial charge in [-0.05, 0) is 32.4 Å². The van der Waals surface area contributed by atoms with Crippen LogP contribution in [0.15, 0.2) is 11.1 Å². The Morgan fingerprint density at radius 1 is 1.20 bits per heavy atom. The van der Waals surface area contributed by atoms with Crippen LogP contribution in [0.2, 0.25) is 0 Å². The molecule has 1 rings (SSSR count). The van der Waals surface area contributed by atoms with E-state index >= 15 is 0 Å². The van der Waals surface area contributed by atoms with Crippen molar-refractivity contribution in [2.24, 2.45) is 5.41 Å². The summed E-state index contributed by atoms with van der Waals surface area (Å²) in [6.45, 7) is 4.31. The molecule has 0 N–H and O–H groups in total. The molecule has 0 fully saturated rings. The highest BCUT2D eigenvalue weighted by Crippen LogP contribution is 2.40. The van der Waals surface area contributed by atoms with Crippen molar-refractivity contribution in [2.75, 3.05) is 14.1 Å². The average Bonchev–Trinajstić information content (AvgIpc) is 2.15. The zero-order valence-corrected chi connectivity index (χ0v) is 9.83. The maximum Gasteiger partial charge on any atom is 0.0958 e. The van der Waals surface area contributed by atoms with E-state index in [1.807, 2.05) is 14.1 Å². The monoisotopic (exact) mass is 203 g/mol. The van der Waals surface area contributed by atoms with Crippen LogP contribution in [0.3, 0.4) is 0 Å². The molecule has 0 heterocycles. The molecule has 0 aromatic rings. The summed E-state index contributed by atoms with van der Waals surface area (Å²) in [5, 5.41) is 18.0. The standard InChI is InChI=1S/C12H17N3/c1-12(2)6-10(8-14)9(7-13)5-11(12)15(3)4/h11H,5-6H2,1-4H3. The van der Waals surface area contributed by atoms with Crippen LogP contribution < -0.4 is 0 Å². The summed E-state index contributed by atoms with van der Waals surface area (Å²) in [7, 11) is 4.05. The molecule has 1 aliphatic rings. The van der Waals surface area contributed by atoms with E-state index in [2.05, 4.69) is 30.9 Å². The van der Waals surface area contributed by atoms with Gasteiger partial charge in [-0.1, -0.05) is 13.8 Å². The van der Waals surface area contributed by atoms with Crippen molar-refractivity contribution < 1.29 is 0 Å². The van der Waals surface area contributed by atoms with Crippen LogP contribution in [0.4, 0.5) is 0 Å². The molecular weight excluding hydrogens is 186 g/mol. The van der Waals surface area contributed by atoms with Crippen LogP contribution in [0.5, 0.6) is 0 Å². The minimum atomic E-state index is 0.0644. The van der Waals surface area contributed by atoms with Gasteiger partial charge in [0.2, 0.25) is 0 Å². The van der Waals surface area contributed by atoms with Crippen molar-refractivity contribution in [1.82, 2.24) is 4.90 Å². The van der Waals surface area contributed by atoms with E-state index in [1.54, 1.807) is 0 Å². The van der Waals surface area contributed by atoms with Gasteiger partial charge in [-0.15, -0.1) is 0 Å². The van der Waals surface area contributed by atoms with Crippen LogP contribution >= 0.6 is 0 Å². The Morgan fingerprint density at radius 2 is 1.73 bits per heavy atom. The Kier molecular flexibility index (Phi) is 3.17. The highest BCUT2D eigenvalue weighted by atomic mass is 15.1. The first-order valence-electron chi connectivity index (χ1n) is 5.11. The summed E-state index contributed by atoms with van der Waals surface area (Å²) in [5.41, 5.74) is 1.39. The number of hydrogen-bond acceptors (Lipinski definition) is 3. The van der Waals surface area contributed by atoms with E-state index in [1.165, 1.54) is 0 Å². The van der Waals surface area contributed by atoms with Crippen molar-refractivity contribution in [3.05, 3.63) is 11.1 Å². The second-order valence-electron chi connectivity index (χ2n) is 5.03. The highest BCUT2D eigenvalue weighted by Gasteiger charge is 2.37. The second kappa shape index (κ2) is 4.04. The zero-order valence-electron chi connectivity index (χ0n) is 9.83. The van der Waals surface area contributed by atoms with Gasteiger partial charge in [0.05, 0.1) is 12.1 Å². The molecule has 0 amide bonds. The number of allylic oxidation sites excluding steroid dienone is 1. The SMILES string of the molecule is CN(C)C1CC(C#N)=C(C#N)CC1(C)C. The van der Waals surface area contributed by atoms with E-state index in [4.69, 9.17) is 10.5 Å². The van der Waals surface area contributed by atoms with Crippen molar-refractivity contribution >= 4 is 0 Å². The summed E-state index contributed by atoms with van der Waals surface area (Å²) in [5.74, 6) is 0. The normalized spacial score (nSPS) is 24.9. The summed E-state index contributed by atoms with van der Waals surface area (Å²) in [4.78, 5) is 2.14. The predicted octanol–water partition coefficient (Wildman–Crippen LogP) is 2.08. The molecule has 0 saturated heterocycles. The minimum Gasteiger partial charge on any atom is -0.306 e. The lowest BCUT2D eigenvalue weighted by Gasteiger charge is -2.42. The van der Waals surface area contributed by atoms with Crippen molar-refractivity contribution in [1.29, 1.82) is 10.5 Å². The molecule has 0 aromatic heterocycles. The Hall–Kier alpha value is -1.32. The van der Waals surface area contributed by atoms with Gasteiger partial charge in [0.15, 0.2) is 0 Å². The quantitative estimate of drug-likeness (QED) is 0.655. The average molecular weight is 203 g/mol. The molecule has 0 bridgehead atoms. The van der Waals surface area contributed by atoms with Crippen LogP contribution in [-0.2, 0) is 0 Å². The third-order valence-corrected chi connectivity index (χ3v) is 3.19. The lowest BCUT2D eigenvalue weighted by Crippen LogP contribution is -2.43. The molecule has 0 spiro atoms. The zero-order chi connectivity index (χ0) is 11.6. The number of nitriles is 2. The Bertz CT molecular complexity index is 363. The van der Waals surface area contributed by atoms with E-state index in [0.717, 1.165) is 0 Å². The molecule has 15 heavy (non-hydrogen) atoms. The number of rotatable bonds is 1. The lowest BCUT2D eigenvalue weighted by molar-refractivity contribution is 0.127. The lowest BCUT2D eigenvalue weighted by atomic mass is 9.70. The molecule has 1 aliphatic carbocycles. The number of hydrogen-bond donors (Lipinski definition) is 0. The van der Waals surface area contributed by atoms with Gasteiger partial charge < -0.3 is 4.90 Å². The van der Waals surface area contributed by atoms with Gasteiger partial charge in [0.25, 0.3) is 0 Å². The third-order valence-electron chi connectivity index (χ3n) is 3.19. The Balaban J connectivity index is 3.10. The molecule has 0 aliphatic heterocycles. The maximum absolute atomic E-state index is 8.98. The minimum absolute atomic E-state index is 0.0644. The van der Waals surface area contributed by atoms with Crippen molar-refractivity contribution in [3.63, 3.8) is 0 Å². The van der Waals surface area contributed by atoms with Gasteiger partial charge in [0, 0.05) is 17.2 Å². The van der Waals surface area contributed by atoms with Crippen LogP contribution in [0.1, 0.15) is 26.7 Å². The largest absolute Gasteiger partial charge is 0.306 e. The van der Waals surface area contributed by atoms with Gasteiger partial charge >= 0.3 is 0 Å². The Morgan fingerprint density at radius 3 is 2.13 bits per heavy atom. The first kappa shape index (κ1) is 11.8. The molecule has 0 radical (unpaired) electrons. The number of nitrogens with zero attached hydrogens (tertiary/aromatic N) is 3. The second-order valence-corrected chi connectivity index (χ2v) is 5.03. The highest BCUT2D eigenvalue weighted by molar-refractivity contribution is 5.40. The van der Waals surface area contributed by atoms with Gasteiger partial charge in [-0.2, -0.15) is 10.5 Å². The molecule has 0 aromatic carbocycles. The molecule has 3 heteroatoms. The van der Waals surface area contributed by atoms with Gasteiger partial charge in [-0.25, -0.2) is 0 Å². The first-order chi connectivity index (χ1) is 6.92. The Labute approximate surface area is 91.6 Å². The molecule has 80 valence electrons. The van der Waals surface area contributed by atoms with E-state index < -0.39 is 0 Å². The molecule has 1 unspecified atom stereocenters. The smallest absolute Gasteiger partial charge is 0.0958 e. The van der Waals surface area contributed by atoms with Crippen molar-refractivity contribution in [2.45, 2.75) is 32.7 Å². The molecular formula is C12H17N3. The summed E-state index contributed by atoms with van der Waals surface area (Å²) >= 11 is 0. The maximum atomic E-state index is 8.98. The van der Waals surface area contributed by atoms with E-state index in [0.29, 0.717) is 30.0 Å². The van der Waals surface area contributed by atoms with Crippen molar-refractivity contribution in [3.8, 4) is 12.1 Å². The topological polar surface area (TPSA) is 50.8 Å². The fourth-order valence-corrected chi connectivity index (χ4v) is 2.37. The first-order valence-corrected chi connectivity index (χ1v) is 5.11. The van der Waals surface area contributed by atoms with Crippen LogP contribution in [0, 0.1) is 28.1 Å². The third kappa shape index (κ3) is 2.19. The summed E-state index contributed by atoms with van der Waals surface area (Å²) in [6.07, 6.45) is 1.40. The predicted molar refractivity (Wildman–Crippen MR) is 58.7 cm³/mol. The fraction of sp³-hybridized carbons (Fsp3) is 0.667. The fourth-order valence-electron chi connectivity index (χ4n) is 2.37. The van der Waals surface area contributed by atoms with Gasteiger partial charge in [0.1, 0.15) is 0 Å². The summed E-state index contributed by atoms with van der Waals surface area (Å²) < 4.78 is 0. The van der Waals surface area contributed by atoms with E-state index in [9.17, 15) is 0 Å². The van der Waals surface area contributed by atoms with Crippen LogP contribution in [-0.4, -0.2) is 25.0 Å². The van der Waals surface area contributed by atoms with E-state index in [-0.39, 0.29) is 5.41 Å². The molecule has 1 atom stereocenters. The molecule has 3 nitrogen and oxygen atoms in total. The summed E-state index contributed by atoms with van der Waals surface area (Å²) in [6, 6.07) is 4.65.